The SMILES string of the molecule is COc1ccc(C2NC(=O)c3ccccc3O2)c2ccccc12. The summed E-state index contributed by atoms with van der Waals surface area (Å²) in [4.78, 5) is 12.3. The van der Waals surface area contributed by atoms with E-state index in [1.165, 1.54) is 0 Å². The fraction of sp³-hybridized carbons (Fsp3) is 0.105. The van der Waals surface area contributed by atoms with E-state index >= 15 is 0 Å². The first kappa shape index (κ1) is 13.6. The molecule has 0 aromatic heterocycles. The molecule has 0 saturated heterocycles. The molecule has 114 valence electrons. The Kier molecular flexibility index (Phi) is 3.15. The molecule has 1 heterocycles. The van der Waals surface area contributed by atoms with Crippen molar-refractivity contribution in [2.45, 2.75) is 6.23 Å². The zero-order valence-electron chi connectivity index (χ0n) is 12.6. The second-order valence-electron chi connectivity index (χ2n) is 5.37. The zero-order chi connectivity index (χ0) is 15.8. The predicted molar refractivity (Wildman–Crippen MR) is 87.8 cm³/mol. The molecule has 1 atom stereocenters. The molecule has 0 radical (unpaired) electrons. The third-order valence-electron chi connectivity index (χ3n) is 4.06. The van der Waals surface area contributed by atoms with Crippen molar-refractivity contribution in [3.05, 3.63) is 71.8 Å². The topological polar surface area (TPSA) is 47.6 Å². The molecule has 0 spiro atoms. The first-order valence-electron chi connectivity index (χ1n) is 7.40. The molecule has 1 N–H and O–H groups in total. The van der Waals surface area contributed by atoms with Crippen molar-refractivity contribution in [1.29, 1.82) is 0 Å². The van der Waals surface area contributed by atoms with Gasteiger partial charge in [-0.2, -0.15) is 0 Å². The molecule has 4 heteroatoms. The molecule has 0 bridgehead atoms. The van der Waals surface area contributed by atoms with E-state index in [2.05, 4.69) is 5.32 Å². The number of hydrogen-bond donors (Lipinski definition) is 1. The van der Waals surface area contributed by atoms with Gasteiger partial charge in [0.15, 0.2) is 6.23 Å². The second-order valence-corrected chi connectivity index (χ2v) is 5.37. The predicted octanol–water partition coefficient (Wildman–Crippen LogP) is 3.67. The summed E-state index contributed by atoms with van der Waals surface area (Å²) in [5, 5.41) is 4.90. The quantitative estimate of drug-likeness (QED) is 0.786. The van der Waals surface area contributed by atoms with Gasteiger partial charge in [0.05, 0.1) is 12.7 Å². The Hall–Kier alpha value is -3.01. The maximum atomic E-state index is 12.3. The van der Waals surface area contributed by atoms with Gasteiger partial charge in [0.2, 0.25) is 0 Å². The Morgan fingerprint density at radius 3 is 2.52 bits per heavy atom. The second kappa shape index (κ2) is 5.32. The fourth-order valence-electron chi connectivity index (χ4n) is 2.95. The summed E-state index contributed by atoms with van der Waals surface area (Å²) >= 11 is 0. The highest BCUT2D eigenvalue weighted by atomic mass is 16.5. The lowest BCUT2D eigenvalue weighted by atomic mass is 10.0. The highest BCUT2D eigenvalue weighted by Gasteiger charge is 2.27. The Morgan fingerprint density at radius 1 is 0.957 bits per heavy atom. The standard InChI is InChI=1S/C19H15NO3/c1-22-16-11-10-14(12-6-2-3-7-13(12)16)19-20-18(21)15-8-4-5-9-17(15)23-19/h2-11,19H,1H3,(H,20,21). The number of nitrogens with one attached hydrogen (secondary N) is 1. The van der Waals surface area contributed by atoms with Crippen molar-refractivity contribution in [2.75, 3.05) is 7.11 Å². The molecule has 0 fully saturated rings. The van der Waals surface area contributed by atoms with Gasteiger partial charge in [-0.15, -0.1) is 0 Å². The van der Waals surface area contributed by atoms with Crippen molar-refractivity contribution in [2.24, 2.45) is 0 Å². The smallest absolute Gasteiger partial charge is 0.258 e. The molecule has 3 aromatic carbocycles. The van der Waals surface area contributed by atoms with Crippen LogP contribution in [0.15, 0.2) is 60.7 Å². The largest absolute Gasteiger partial charge is 0.496 e. The van der Waals surface area contributed by atoms with Crippen molar-refractivity contribution < 1.29 is 14.3 Å². The number of hydrogen-bond acceptors (Lipinski definition) is 3. The van der Waals surface area contributed by atoms with E-state index in [0.29, 0.717) is 11.3 Å². The van der Waals surface area contributed by atoms with Crippen LogP contribution < -0.4 is 14.8 Å². The molecular weight excluding hydrogens is 290 g/mol. The first-order chi connectivity index (χ1) is 11.3. The van der Waals surface area contributed by atoms with E-state index in [4.69, 9.17) is 9.47 Å². The summed E-state index contributed by atoms with van der Waals surface area (Å²) in [6.07, 6.45) is -0.520. The third kappa shape index (κ3) is 2.19. The Labute approximate surface area is 133 Å². The number of carbonyl (C=O) groups excluding carboxylic acids is 1. The van der Waals surface area contributed by atoms with Gasteiger partial charge in [-0.05, 0) is 29.7 Å². The maximum Gasteiger partial charge on any atom is 0.258 e. The molecule has 4 nitrogen and oxygen atoms in total. The van der Waals surface area contributed by atoms with Crippen LogP contribution in [0, 0.1) is 0 Å². The molecule has 1 aliphatic heterocycles. The normalized spacial score (nSPS) is 16.4. The minimum absolute atomic E-state index is 0.128. The fourth-order valence-corrected chi connectivity index (χ4v) is 2.95. The molecule has 1 amide bonds. The van der Waals surface area contributed by atoms with Gasteiger partial charge >= 0.3 is 0 Å². The summed E-state index contributed by atoms with van der Waals surface area (Å²) in [7, 11) is 1.65. The zero-order valence-corrected chi connectivity index (χ0v) is 12.6. The van der Waals surface area contributed by atoms with Crippen LogP contribution in [0.4, 0.5) is 0 Å². The highest BCUT2D eigenvalue weighted by molar-refractivity contribution is 5.99. The molecule has 1 aliphatic rings. The van der Waals surface area contributed by atoms with Crippen molar-refractivity contribution >= 4 is 16.7 Å². The number of rotatable bonds is 2. The van der Waals surface area contributed by atoms with Crippen LogP contribution in [0.5, 0.6) is 11.5 Å². The average molecular weight is 305 g/mol. The molecule has 0 saturated carbocycles. The van der Waals surface area contributed by atoms with Crippen LogP contribution in [0.25, 0.3) is 10.8 Å². The third-order valence-corrected chi connectivity index (χ3v) is 4.06. The van der Waals surface area contributed by atoms with Gasteiger partial charge in [-0.25, -0.2) is 0 Å². The first-order valence-corrected chi connectivity index (χ1v) is 7.40. The monoisotopic (exact) mass is 305 g/mol. The summed E-state index contributed by atoms with van der Waals surface area (Å²) in [5.74, 6) is 1.27. The maximum absolute atomic E-state index is 12.3. The van der Waals surface area contributed by atoms with Crippen LogP contribution >= 0.6 is 0 Å². The number of para-hydroxylation sites is 1. The summed E-state index contributed by atoms with van der Waals surface area (Å²) in [6, 6.07) is 19.0. The summed E-state index contributed by atoms with van der Waals surface area (Å²) < 4.78 is 11.4. The number of amides is 1. The van der Waals surface area contributed by atoms with Gasteiger partial charge in [-0.3, -0.25) is 4.79 Å². The summed E-state index contributed by atoms with van der Waals surface area (Å²) in [5.41, 5.74) is 1.46. The van der Waals surface area contributed by atoms with E-state index < -0.39 is 6.23 Å². The Balaban J connectivity index is 1.84. The molecule has 0 aliphatic carbocycles. The number of benzene rings is 3. The van der Waals surface area contributed by atoms with Crippen LogP contribution in [-0.4, -0.2) is 13.0 Å². The Bertz CT molecular complexity index is 904. The Morgan fingerprint density at radius 2 is 1.70 bits per heavy atom. The van der Waals surface area contributed by atoms with E-state index in [1.807, 2.05) is 54.6 Å². The van der Waals surface area contributed by atoms with E-state index in [1.54, 1.807) is 13.2 Å². The van der Waals surface area contributed by atoms with Crippen LogP contribution in [0.1, 0.15) is 22.1 Å². The molecular formula is C19H15NO3. The molecule has 4 rings (SSSR count). The average Bonchev–Trinajstić information content (AvgIpc) is 2.60. The lowest BCUT2D eigenvalue weighted by Gasteiger charge is -2.28. The minimum Gasteiger partial charge on any atom is -0.496 e. The van der Waals surface area contributed by atoms with Crippen molar-refractivity contribution in [3.63, 3.8) is 0 Å². The number of carbonyl (C=O) groups is 1. The van der Waals surface area contributed by atoms with Crippen molar-refractivity contribution in [1.82, 2.24) is 5.32 Å². The minimum atomic E-state index is -0.520. The lowest BCUT2D eigenvalue weighted by Crippen LogP contribution is -2.36. The van der Waals surface area contributed by atoms with Gasteiger partial charge < -0.3 is 14.8 Å². The van der Waals surface area contributed by atoms with Crippen LogP contribution in [-0.2, 0) is 0 Å². The van der Waals surface area contributed by atoms with Gasteiger partial charge in [0, 0.05) is 10.9 Å². The van der Waals surface area contributed by atoms with E-state index in [0.717, 1.165) is 22.1 Å². The highest BCUT2D eigenvalue weighted by Crippen LogP contribution is 2.35. The number of fused-ring (bicyclic) bond motifs is 2. The van der Waals surface area contributed by atoms with Crippen molar-refractivity contribution in [3.8, 4) is 11.5 Å². The molecule has 1 unspecified atom stereocenters. The van der Waals surface area contributed by atoms with Crippen LogP contribution in [0.2, 0.25) is 0 Å². The molecule has 23 heavy (non-hydrogen) atoms. The van der Waals surface area contributed by atoms with Gasteiger partial charge in [0.25, 0.3) is 5.91 Å². The van der Waals surface area contributed by atoms with E-state index in [-0.39, 0.29) is 5.91 Å². The van der Waals surface area contributed by atoms with Gasteiger partial charge in [0.1, 0.15) is 11.5 Å². The van der Waals surface area contributed by atoms with Gasteiger partial charge in [-0.1, -0.05) is 36.4 Å². The lowest BCUT2D eigenvalue weighted by molar-refractivity contribution is 0.0759. The number of methoxy groups -OCH3 is 1. The summed E-state index contributed by atoms with van der Waals surface area (Å²) in [6.45, 7) is 0. The molecule has 3 aromatic rings. The van der Waals surface area contributed by atoms with Crippen LogP contribution in [0.3, 0.4) is 0 Å². The van der Waals surface area contributed by atoms with E-state index in [9.17, 15) is 4.79 Å². The number of ether oxygens (including phenoxy) is 2.